The summed E-state index contributed by atoms with van der Waals surface area (Å²) >= 11 is 12.8. The minimum absolute atomic E-state index is 0.0115. The van der Waals surface area contributed by atoms with Gasteiger partial charge in [0, 0.05) is 10.6 Å². The zero-order valence-corrected chi connectivity index (χ0v) is 20.9. The third-order valence-corrected chi connectivity index (χ3v) is 6.57. The minimum Gasteiger partial charge on any atom is -0.493 e. The number of halogens is 5. The molecule has 1 fully saturated rings. The predicted molar refractivity (Wildman–Crippen MR) is 136 cm³/mol. The summed E-state index contributed by atoms with van der Waals surface area (Å²) in [6, 6.07) is 15.8. The van der Waals surface area contributed by atoms with E-state index in [4.69, 9.17) is 32.7 Å². The van der Waals surface area contributed by atoms with Crippen molar-refractivity contribution < 1.29 is 27.4 Å². The Morgan fingerprint density at radius 2 is 1.81 bits per heavy atom. The Morgan fingerprint density at radius 3 is 2.53 bits per heavy atom. The maximum atomic E-state index is 13.1. The first-order valence-electron chi connectivity index (χ1n) is 10.3. The molecule has 3 aromatic carbocycles. The number of amidine groups is 1. The van der Waals surface area contributed by atoms with E-state index >= 15 is 0 Å². The van der Waals surface area contributed by atoms with Crippen LogP contribution >= 0.6 is 35.0 Å². The van der Waals surface area contributed by atoms with E-state index in [-0.39, 0.29) is 17.5 Å². The van der Waals surface area contributed by atoms with Gasteiger partial charge in [-0.2, -0.15) is 13.2 Å². The van der Waals surface area contributed by atoms with Crippen LogP contribution in [0.3, 0.4) is 0 Å². The number of hydrogen-bond acceptors (Lipinski definition) is 5. The summed E-state index contributed by atoms with van der Waals surface area (Å²) < 4.78 is 50.6. The van der Waals surface area contributed by atoms with Crippen molar-refractivity contribution in [3.8, 4) is 11.5 Å². The number of alkyl halides is 3. The Labute approximate surface area is 218 Å². The second kappa shape index (κ2) is 10.9. The number of aliphatic imine (C=N–C) groups is 1. The molecule has 1 amide bonds. The number of nitrogens with one attached hydrogen (secondary N) is 1. The van der Waals surface area contributed by atoms with Crippen LogP contribution in [0.15, 0.2) is 70.6 Å². The average Bonchev–Trinajstić information content (AvgIpc) is 3.17. The lowest BCUT2D eigenvalue weighted by Crippen LogP contribution is -2.19. The van der Waals surface area contributed by atoms with Gasteiger partial charge in [-0.25, -0.2) is 4.99 Å². The number of ether oxygens (including phenoxy) is 2. The van der Waals surface area contributed by atoms with Crippen LogP contribution in [-0.2, 0) is 17.6 Å². The van der Waals surface area contributed by atoms with Gasteiger partial charge >= 0.3 is 6.18 Å². The van der Waals surface area contributed by atoms with Gasteiger partial charge in [-0.3, -0.25) is 4.79 Å². The number of benzene rings is 3. The van der Waals surface area contributed by atoms with Gasteiger partial charge in [0.05, 0.1) is 28.3 Å². The SMILES string of the molecule is COc1cc(/C=C2\SC(=Nc3ccc(Cl)c(C(F)(F)F)c3)NC2=O)ccc1OCc1ccccc1Cl. The second-order valence-electron chi connectivity index (χ2n) is 7.43. The van der Waals surface area contributed by atoms with Crippen molar-refractivity contribution >= 4 is 57.8 Å². The van der Waals surface area contributed by atoms with E-state index < -0.39 is 22.7 Å². The highest BCUT2D eigenvalue weighted by molar-refractivity contribution is 8.18. The summed E-state index contributed by atoms with van der Waals surface area (Å²) in [5, 5.41) is 2.86. The van der Waals surface area contributed by atoms with E-state index in [0.717, 1.165) is 29.5 Å². The Bertz CT molecular complexity index is 1380. The number of thioether (sulfide) groups is 1. The van der Waals surface area contributed by atoms with Crippen LogP contribution in [0.1, 0.15) is 16.7 Å². The molecule has 5 nitrogen and oxygen atoms in total. The van der Waals surface area contributed by atoms with E-state index in [1.807, 2.05) is 18.2 Å². The first-order chi connectivity index (χ1) is 17.1. The van der Waals surface area contributed by atoms with Crippen LogP contribution in [0, 0.1) is 0 Å². The molecule has 1 aliphatic rings. The molecule has 3 aromatic rings. The molecule has 1 saturated heterocycles. The normalized spacial score (nSPS) is 15.9. The highest BCUT2D eigenvalue weighted by Crippen LogP contribution is 2.38. The Kier molecular flexibility index (Phi) is 7.82. The Morgan fingerprint density at radius 1 is 1.03 bits per heavy atom. The molecule has 0 aliphatic carbocycles. The van der Waals surface area contributed by atoms with Gasteiger partial charge in [0.2, 0.25) is 0 Å². The van der Waals surface area contributed by atoms with Crippen molar-refractivity contribution in [2.24, 2.45) is 4.99 Å². The summed E-state index contributed by atoms with van der Waals surface area (Å²) in [4.78, 5) is 16.8. The molecule has 0 saturated carbocycles. The highest BCUT2D eigenvalue weighted by atomic mass is 35.5. The van der Waals surface area contributed by atoms with Crippen molar-refractivity contribution in [2.75, 3.05) is 7.11 Å². The third kappa shape index (κ3) is 6.16. The van der Waals surface area contributed by atoms with Gasteiger partial charge in [-0.05, 0) is 59.8 Å². The van der Waals surface area contributed by atoms with Gasteiger partial charge in [-0.1, -0.05) is 47.5 Å². The van der Waals surface area contributed by atoms with Gasteiger partial charge < -0.3 is 14.8 Å². The number of methoxy groups -OCH3 is 1. The molecule has 11 heteroatoms. The first-order valence-corrected chi connectivity index (χ1v) is 11.9. The van der Waals surface area contributed by atoms with Crippen LogP contribution in [0.5, 0.6) is 11.5 Å². The topological polar surface area (TPSA) is 59.9 Å². The molecular formula is C25H17Cl2F3N2O3S. The fraction of sp³-hybridized carbons (Fsp3) is 0.120. The maximum Gasteiger partial charge on any atom is 0.417 e. The summed E-state index contributed by atoms with van der Waals surface area (Å²) in [6.45, 7) is 0.245. The number of carbonyl (C=O) groups is 1. The number of nitrogens with zero attached hydrogens (tertiary/aromatic N) is 1. The van der Waals surface area contributed by atoms with Crippen molar-refractivity contribution in [2.45, 2.75) is 12.8 Å². The van der Waals surface area contributed by atoms with E-state index in [1.54, 1.807) is 30.3 Å². The zero-order valence-electron chi connectivity index (χ0n) is 18.5. The van der Waals surface area contributed by atoms with Crippen LogP contribution in [0.2, 0.25) is 10.0 Å². The van der Waals surface area contributed by atoms with E-state index in [2.05, 4.69) is 10.3 Å². The fourth-order valence-electron chi connectivity index (χ4n) is 3.21. The lowest BCUT2D eigenvalue weighted by atomic mass is 10.2. The van der Waals surface area contributed by atoms with Crippen molar-refractivity contribution in [3.05, 3.63) is 92.3 Å². The molecule has 0 bridgehead atoms. The quantitative estimate of drug-likeness (QED) is 0.322. The molecule has 4 rings (SSSR count). The lowest BCUT2D eigenvalue weighted by Gasteiger charge is -2.12. The summed E-state index contributed by atoms with van der Waals surface area (Å²) in [5.74, 6) is 0.518. The first kappa shape index (κ1) is 25.9. The van der Waals surface area contributed by atoms with E-state index in [9.17, 15) is 18.0 Å². The fourth-order valence-corrected chi connectivity index (χ4v) is 4.47. The van der Waals surface area contributed by atoms with E-state index in [1.165, 1.54) is 13.2 Å². The van der Waals surface area contributed by atoms with Gasteiger partial charge in [0.25, 0.3) is 5.91 Å². The molecule has 1 heterocycles. The van der Waals surface area contributed by atoms with Crippen LogP contribution in [0.25, 0.3) is 6.08 Å². The van der Waals surface area contributed by atoms with Crippen LogP contribution < -0.4 is 14.8 Å². The van der Waals surface area contributed by atoms with Gasteiger partial charge in [-0.15, -0.1) is 0 Å². The highest BCUT2D eigenvalue weighted by Gasteiger charge is 2.33. The Balaban J connectivity index is 1.51. The number of rotatable bonds is 6. The standard InChI is InChI=1S/C25H17Cl2F3N2O3S/c1-34-21-10-14(6-9-20(21)35-13-15-4-2-3-5-18(15)26)11-22-23(33)32-24(36-22)31-16-7-8-19(27)17(12-16)25(28,29)30/h2-12H,13H2,1H3,(H,31,32,33)/b22-11-. The molecule has 1 aliphatic heterocycles. The smallest absolute Gasteiger partial charge is 0.417 e. The third-order valence-electron chi connectivity index (χ3n) is 4.96. The number of hydrogen-bond donors (Lipinski definition) is 1. The zero-order chi connectivity index (χ0) is 25.9. The van der Waals surface area contributed by atoms with Gasteiger partial charge in [0.1, 0.15) is 6.61 Å². The maximum absolute atomic E-state index is 13.1. The molecule has 0 atom stereocenters. The second-order valence-corrected chi connectivity index (χ2v) is 9.28. The molecule has 0 spiro atoms. The molecular weight excluding hydrogens is 536 g/mol. The molecule has 1 N–H and O–H groups in total. The monoisotopic (exact) mass is 552 g/mol. The number of amides is 1. The molecule has 0 unspecified atom stereocenters. The summed E-state index contributed by atoms with van der Waals surface area (Å²) in [7, 11) is 1.50. The van der Waals surface area contributed by atoms with Gasteiger partial charge in [0.15, 0.2) is 16.7 Å². The van der Waals surface area contributed by atoms with Crippen molar-refractivity contribution in [3.63, 3.8) is 0 Å². The number of carbonyl (C=O) groups excluding carboxylic acids is 1. The average molecular weight is 553 g/mol. The lowest BCUT2D eigenvalue weighted by molar-refractivity contribution is -0.137. The predicted octanol–water partition coefficient (Wildman–Crippen LogP) is 7.49. The minimum atomic E-state index is -4.62. The van der Waals surface area contributed by atoms with Crippen LogP contribution in [0.4, 0.5) is 18.9 Å². The summed E-state index contributed by atoms with van der Waals surface area (Å²) in [5.41, 5.74) is 0.487. The summed E-state index contributed by atoms with van der Waals surface area (Å²) in [6.07, 6.45) is -3.00. The van der Waals surface area contributed by atoms with Crippen molar-refractivity contribution in [1.82, 2.24) is 5.32 Å². The van der Waals surface area contributed by atoms with E-state index in [0.29, 0.717) is 27.0 Å². The Hall–Kier alpha value is -3.14. The molecule has 186 valence electrons. The molecule has 36 heavy (non-hydrogen) atoms. The van der Waals surface area contributed by atoms with Crippen molar-refractivity contribution in [1.29, 1.82) is 0 Å². The molecule has 0 aromatic heterocycles. The largest absolute Gasteiger partial charge is 0.493 e. The van der Waals surface area contributed by atoms with Crippen LogP contribution in [-0.4, -0.2) is 18.2 Å². The molecule has 0 radical (unpaired) electrons.